The van der Waals surface area contributed by atoms with Crippen LogP contribution in [0.4, 0.5) is 0 Å². The molecule has 28 heavy (non-hydrogen) atoms. The topological polar surface area (TPSA) is 67.1 Å². The lowest BCUT2D eigenvalue weighted by molar-refractivity contribution is 0.582. The Kier molecular flexibility index (Phi) is 6.46. The van der Waals surface area contributed by atoms with Crippen LogP contribution in [-0.2, 0) is 25.0 Å². The van der Waals surface area contributed by atoms with E-state index < -0.39 is 0 Å². The van der Waals surface area contributed by atoms with Crippen molar-refractivity contribution >= 4 is 17.3 Å². The van der Waals surface area contributed by atoms with Crippen LogP contribution in [0.2, 0.25) is 0 Å². The quantitative estimate of drug-likeness (QED) is 0.494. The lowest BCUT2D eigenvalue weighted by Gasteiger charge is -2.15. The third-order valence-corrected chi connectivity index (χ3v) is 5.63. The second-order valence-corrected chi connectivity index (χ2v) is 8.50. The molecule has 0 saturated heterocycles. The van der Waals surface area contributed by atoms with Crippen LogP contribution in [0.3, 0.4) is 0 Å². The molecule has 0 aliphatic rings. The molecule has 148 valence electrons. The van der Waals surface area contributed by atoms with E-state index in [1.807, 2.05) is 16.9 Å². The molecule has 2 aromatic heterocycles. The summed E-state index contributed by atoms with van der Waals surface area (Å²) in [5.74, 6) is 0.763. The highest BCUT2D eigenvalue weighted by Gasteiger charge is 2.17. The molecule has 0 atom stereocenters. The minimum absolute atomic E-state index is 0.0845. The Balaban J connectivity index is 1.57. The molecule has 0 spiro atoms. The fourth-order valence-electron chi connectivity index (χ4n) is 2.76. The van der Waals surface area contributed by atoms with Crippen LogP contribution < -0.4 is 10.6 Å². The van der Waals surface area contributed by atoms with E-state index in [1.54, 1.807) is 24.6 Å². The van der Waals surface area contributed by atoms with E-state index in [0.717, 1.165) is 23.2 Å². The van der Waals surface area contributed by atoms with Crippen molar-refractivity contribution < 1.29 is 0 Å². The SMILES string of the molecule is CN=C(NCc1csc(C(C)(C)C)n1)NCc1ccccc1Cn1cccn1. The van der Waals surface area contributed by atoms with Crippen molar-refractivity contribution in [3.05, 3.63) is 69.9 Å². The first kappa shape index (κ1) is 20.1. The Morgan fingerprint density at radius 2 is 1.86 bits per heavy atom. The molecule has 1 aromatic carbocycles. The molecule has 0 radical (unpaired) electrons. The maximum atomic E-state index is 4.73. The van der Waals surface area contributed by atoms with Gasteiger partial charge in [0, 0.05) is 36.8 Å². The minimum Gasteiger partial charge on any atom is -0.352 e. The fraction of sp³-hybridized carbons (Fsp3) is 0.381. The molecule has 0 unspecified atom stereocenters. The number of benzene rings is 1. The second-order valence-electron chi connectivity index (χ2n) is 7.65. The Morgan fingerprint density at radius 3 is 2.50 bits per heavy atom. The van der Waals surface area contributed by atoms with Crippen LogP contribution in [0.25, 0.3) is 0 Å². The van der Waals surface area contributed by atoms with Gasteiger partial charge in [0.15, 0.2) is 5.96 Å². The summed E-state index contributed by atoms with van der Waals surface area (Å²) in [6.45, 7) is 8.66. The van der Waals surface area contributed by atoms with Crippen LogP contribution in [-0.4, -0.2) is 27.8 Å². The average Bonchev–Trinajstić information content (AvgIpc) is 3.34. The van der Waals surface area contributed by atoms with Crippen molar-refractivity contribution in [3.8, 4) is 0 Å². The van der Waals surface area contributed by atoms with E-state index >= 15 is 0 Å². The summed E-state index contributed by atoms with van der Waals surface area (Å²) in [4.78, 5) is 9.06. The first-order chi connectivity index (χ1) is 13.5. The first-order valence-corrected chi connectivity index (χ1v) is 10.3. The first-order valence-electron chi connectivity index (χ1n) is 9.39. The lowest BCUT2D eigenvalue weighted by atomic mass is 9.98. The van der Waals surface area contributed by atoms with E-state index in [0.29, 0.717) is 13.1 Å². The van der Waals surface area contributed by atoms with Gasteiger partial charge >= 0.3 is 0 Å². The third-order valence-electron chi connectivity index (χ3n) is 4.31. The number of rotatable bonds is 6. The number of aliphatic imine (C=N–C) groups is 1. The number of thiazole rings is 1. The Morgan fingerprint density at radius 1 is 1.11 bits per heavy atom. The van der Waals surface area contributed by atoms with Crippen LogP contribution in [0.5, 0.6) is 0 Å². The van der Waals surface area contributed by atoms with Crippen LogP contribution in [0.15, 0.2) is 53.1 Å². The molecule has 0 bridgehead atoms. The number of nitrogens with zero attached hydrogens (tertiary/aromatic N) is 4. The lowest BCUT2D eigenvalue weighted by Crippen LogP contribution is -2.36. The molecular weight excluding hydrogens is 368 g/mol. The molecule has 3 aromatic rings. The van der Waals surface area contributed by atoms with E-state index in [9.17, 15) is 0 Å². The zero-order chi connectivity index (χ0) is 20.0. The summed E-state index contributed by atoms with van der Waals surface area (Å²) >= 11 is 1.71. The Bertz CT molecular complexity index is 905. The van der Waals surface area contributed by atoms with Crippen molar-refractivity contribution in [1.29, 1.82) is 0 Å². The average molecular weight is 397 g/mol. The summed E-state index contributed by atoms with van der Waals surface area (Å²) in [5.41, 5.74) is 3.59. The maximum absolute atomic E-state index is 4.73. The standard InChI is InChI=1S/C21H28N6S/c1-21(2,3)19-26-18(15-28-19)13-24-20(22-4)23-12-16-8-5-6-9-17(16)14-27-11-7-10-25-27/h5-11,15H,12-14H2,1-4H3,(H2,22,23,24). The van der Waals surface area contributed by atoms with Crippen molar-refractivity contribution in [1.82, 2.24) is 25.4 Å². The molecule has 0 aliphatic heterocycles. The predicted molar refractivity (Wildman–Crippen MR) is 116 cm³/mol. The number of guanidine groups is 1. The van der Waals surface area contributed by atoms with Gasteiger partial charge in [0.2, 0.25) is 0 Å². The van der Waals surface area contributed by atoms with Gasteiger partial charge in [-0.25, -0.2) is 4.98 Å². The van der Waals surface area contributed by atoms with Gasteiger partial charge in [-0.1, -0.05) is 45.0 Å². The number of hydrogen-bond acceptors (Lipinski definition) is 4. The molecule has 6 nitrogen and oxygen atoms in total. The second kappa shape index (κ2) is 9.01. The molecule has 2 N–H and O–H groups in total. The maximum Gasteiger partial charge on any atom is 0.191 e. The minimum atomic E-state index is 0.0845. The predicted octanol–water partition coefficient (Wildman–Crippen LogP) is 3.55. The van der Waals surface area contributed by atoms with Crippen LogP contribution >= 0.6 is 11.3 Å². The van der Waals surface area contributed by atoms with Crippen molar-refractivity contribution in [3.63, 3.8) is 0 Å². The van der Waals surface area contributed by atoms with Gasteiger partial charge < -0.3 is 10.6 Å². The highest BCUT2D eigenvalue weighted by atomic mass is 32.1. The smallest absolute Gasteiger partial charge is 0.191 e. The van der Waals surface area contributed by atoms with E-state index in [2.05, 4.69) is 71.1 Å². The zero-order valence-electron chi connectivity index (χ0n) is 16.9. The monoisotopic (exact) mass is 396 g/mol. The highest BCUT2D eigenvalue weighted by molar-refractivity contribution is 7.09. The van der Waals surface area contributed by atoms with E-state index in [1.165, 1.54) is 11.1 Å². The van der Waals surface area contributed by atoms with Gasteiger partial charge in [0.1, 0.15) is 0 Å². The normalized spacial score (nSPS) is 12.2. The molecule has 0 amide bonds. The van der Waals surface area contributed by atoms with Gasteiger partial charge in [-0.2, -0.15) is 5.10 Å². The van der Waals surface area contributed by atoms with Crippen LogP contribution in [0, 0.1) is 0 Å². The van der Waals surface area contributed by atoms with E-state index in [4.69, 9.17) is 4.98 Å². The van der Waals surface area contributed by atoms with Crippen LogP contribution in [0.1, 0.15) is 42.6 Å². The number of nitrogens with one attached hydrogen (secondary N) is 2. The zero-order valence-corrected chi connectivity index (χ0v) is 17.8. The van der Waals surface area contributed by atoms with Crippen molar-refractivity contribution in [2.24, 2.45) is 4.99 Å². The van der Waals surface area contributed by atoms with E-state index in [-0.39, 0.29) is 5.41 Å². The summed E-state index contributed by atoms with van der Waals surface area (Å²) in [6, 6.07) is 10.3. The van der Waals surface area contributed by atoms with Gasteiger partial charge in [0.25, 0.3) is 0 Å². The Hall–Kier alpha value is -2.67. The van der Waals surface area contributed by atoms with Crippen molar-refractivity contribution in [2.75, 3.05) is 7.05 Å². The number of aromatic nitrogens is 3. The third kappa shape index (κ3) is 5.42. The molecule has 7 heteroatoms. The molecule has 0 aliphatic carbocycles. The molecule has 3 rings (SSSR count). The highest BCUT2D eigenvalue weighted by Crippen LogP contribution is 2.25. The van der Waals surface area contributed by atoms with Gasteiger partial charge in [-0.3, -0.25) is 9.67 Å². The fourth-order valence-corrected chi connectivity index (χ4v) is 3.67. The largest absolute Gasteiger partial charge is 0.352 e. The summed E-state index contributed by atoms with van der Waals surface area (Å²) in [5, 5.41) is 14.3. The summed E-state index contributed by atoms with van der Waals surface area (Å²) < 4.78 is 1.93. The summed E-state index contributed by atoms with van der Waals surface area (Å²) in [7, 11) is 1.78. The molecule has 2 heterocycles. The Labute approximate surface area is 170 Å². The van der Waals surface area contributed by atoms with Gasteiger partial charge in [-0.15, -0.1) is 11.3 Å². The number of hydrogen-bond donors (Lipinski definition) is 2. The van der Waals surface area contributed by atoms with Gasteiger partial charge in [0.05, 0.1) is 23.8 Å². The summed E-state index contributed by atoms with van der Waals surface area (Å²) in [6.07, 6.45) is 3.78. The molecule has 0 saturated carbocycles. The molecular formula is C21H28N6S. The van der Waals surface area contributed by atoms with Gasteiger partial charge in [-0.05, 0) is 17.2 Å². The van der Waals surface area contributed by atoms with Crippen molar-refractivity contribution in [2.45, 2.75) is 45.8 Å². The molecule has 0 fully saturated rings.